The van der Waals surface area contributed by atoms with Gasteiger partial charge in [-0.05, 0) is 12.1 Å². The normalized spacial score (nSPS) is 21.0. The van der Waals surface area contributed by atoms with E-state index in [9.17, 15) is 14.7 Å². The Hall–Kier alpha value is -1.96. The molecule has 118 valence electrons. The molecule has 1 unspecified atom stereocenters. The molecule has 2 aromatic heterocycles. The van der Waals surface area contributed by atoms with E-state index in [1.54, 1.807) is 11.3 Å². The third-order valence-electron chi connectivity index (χ3n) is 4.06. The number of amides is 1. The van der Waals surface area contributed by atoms with Crippen LogP contribution < -0.4 is 5.32 Å². The molecule has 1 amide bonds. The van der Waals surface area contributed by atoms with Gasteiger partial charge in [0, 0.05) is 27.8 Å². The average molecular weight is 347 g/mol. The van der Waals surface area contributed by atoms with E-state index in [-0.39, 0.29) is 18.9 Å². The number of hydrogen-bond donors (Lipinski definition) is 2. The molecule has 23 heavy (non-hydrogen) atoms. The molecule has 0 aliphatic carbocycles. The van der Waals surface area contributed by atoms with Gasteiger partial charge >= 0.3 is 5.97 Å². The van der Waals surface area contributed by atoms with E-state index >= 15 is 0 Å². The van der Waals surface area contributed by atoms with Crippen LogP contribution >= 0.6 is 22.7 Å². The van der Waals surface area contributed by atoms with Gasteiger partial charge in [0.15, 0.2) is 5.54 Å². The Kier molecular flexibility index (Phi) is 3.37. The smallest absolute Gasteiger partial charge is 0.331 e. The second-order valence-electron chi connectivity index (χ2n) is 5.55. The lowest BCUT2D eigenvalue weighted by atomic mass is 9.99. The number of ether oxygens (including phenoxy) is 1. The van der Waals surface area contributed by atoms with E-state index in [1.165, 1.54) is 16.0 Å². The fourth-order valence-corrected chi connectivity index (χ4v) is 5.20. The zero-order chi connectivity index (χ0) is 16.0. The summed E-state index contributed by atoms with van der Waals surface area (Å²) in [5.41, 5.74) is -1.31. The van der Waals surface area contributed by atoms with Gasteiger partial charge in [-0.2, -0.15) is 0 Å². The number of aliphatic carboxylic acids is 1. The van der Waals surface area contributed by atoms with Gasteiger partial charge in [-0.25, -0.2) is 4.79 Å². The molecule has 1 aliphatic heterocycles. The lowest BCUT2D eigenvalue weighted by molar-refractivity contribution is -0.144. The summed E-state index contributed by atoms with van der Waals surface area (Å²) in [5, 5.41) is 13.2. The van der Waals surface area contributed by atoms with Gasteiger partial charge in [0.25, 0.3) is 5.91 Å². The van der Waals surface area contributed by atoms with Crippen molar-refractivity contribution in [1.29, 1.82) is 0 Å². The van der Waals surface area contributed by atoms with Gasteiger partial charge in [-0.15, -0.1) is 22.7 Å². The first-order valence-corrected chi connectivity index (χ1v) is 8.77. The van der Waals surface area contributed by atoms with Crippen molar-refractivity contribution in [2.75, 3.05) is 13.2 Å². The summed E-state index contributed by atoms with van der Waals surface area (Å²) >= 11 is 3.04. The van der Waals surface area contributed by atoms with Crippen molar-refractivity contribution in [3.05, 3.63) is 35.2 Å². The van der Waals surface area contributed by atoms with Crippen LogP contribution in [-0.4, -0.2) is 35.7 Å². The largest absolute Gasteiger partial charge is 0.479 e. The van der Waals surface area contributed by atoms with Crippen molar-refractivity contribution in [3.63, 3.8) is 0 Å². The maximum atomic E-state index is 12.5. The average Bonchev–Trinajstić information content (AvgIpc) is 3.20. The number of carbonyl (C=O) groups is 2. The van der Waals surface area contributed by atoms with Crippen molar-refractivity contribution >= 4 is 54.0 Å². The van der Waals surface area contributed by atoms with Crippen molar-refractivity contribution in [3.8, 4) is 0 Å². The van der Waals surface area contributed by atoms with Gasteiger partial charge in [0.1, 0.15) is 0 Å². The number of benzene rings is 1. The number of hydrogen-bond acceptors (Lipinski definition) is 5. The van der Waals surface area contributed by atoms with Crippen LogP contribution in [0.5, 0.6) is 0 Å². The third-order valence-corrected chi connectivity index (χ3v) is 6.47. The van der Waals surface area contributed by atoms with Gasteiger partial charge in [0.05, 0.1) is 16.2 Å². The van der Waals surface area contributed by atoms with E-state index < -0.39 is 11.5 Å². The monoisotopic (exact) mass is 347 g/mol. The Morgan fingerprint density at radius 2 is 2.04 bits per heavy atom. The highest BCUT2D eigenvalue weighted by Crippen LogP contribution is 2.39. The van der Waals surface area contributed by atoms with Crippen LogP contribution in [0.4, 0.5) is 0 Å². The summed E-state index contributed by atoms with van der Waals surface area (Å²) < 4.78 is 8.48. The summed E-state index contributed by atoms with van der Waals surface area (Å²) in [6, 6.07) is 9.90. The van der Waals surface area contributed by atoms with Crippen LogP contribution in [0.25, 0.3) is 19.5 Å². The summed E-state index contributed by atoms with van der Waals surface area (Å²) in [6.45, 7) is 0.355. The Morgan fingerprint density at radius 1 is 1.22 bits per heavy atom. The fraction of sp³-hybridized carbons (Fsp3) is 0.250. The van der Waals surface area contributed by atoms with E-state index in [0.29, 0.717) is 11.5 Å². The SMILES string of the molecule is O=C(NC1(C(=O)O)CCOC1)c1cc2sc3ccccc3c2s1. The number of nitrogens with one attached hydrogen (secondary N) is 1. The first-order chi connectivity index (χ1) is 11.1. The number of thiophene rings is 2. The minimum Gasteiger partial charge on any atom is -0.479 e. The minimum atomic E-state index is -1.31. The fourth-order valence-electron chi connectivity index (χ4n) is 2.78. The zero-order valence-electron chi connectivity index (χ0n) is 12.0. The standard InChI is InChI=1S/C16H13NO4S2/c18-14(17-16(15(19)20)5-6-21-8-16)12-7-11-13(23-12)9-3-1-2-4-10(9)22-11/h1-4,7H,5-6,8H2,(H,17,18)(H,19,20). The number of carbonyl (C=O) groups excluding carboxylic acids is 1. The van der Waals surface area contributed by atoms with E-state index in [1.807, 2.05) is 24.3 Å². The van der Waals surface area contributed by atoms with E-state index in [0.717, 1.165) is 14.8 Å². The molecule has 2 N–H and O–H groups in total. The molecule has 1 aromatic carbocycles. The quantitative estimate of drug-likeness (QED) is 0.763. The highest BCUT2D eigenvalue weighted by molar-refractivity contribution is 7.33. The molecule has 4 rings (SSSR count). The molecule has 0 radical (unpaired) electrons. The first-order valence-electron chi connectivity index (χ1n) is 7.14. The van der Waals surface area contributed by atoms with Gasteiger partial charge in [-0.1, -0.05) is 18.2 Å². The number of rotatable bonds is 3. The van der Waals surface area contributed by atoms with Crippen LogP contribution in [0.2, 0.25) is 0 Å². The first kappa shape index (κ1) is 14.6. The Morgan fingerprint density at radius 3 is 2.78 bits per heavy atom. The van der Waals surface area contributed by atoms with Crippen LogP contribution in [-0.2, 0) is 9.53 Å². The molecule has 0 saturated carbocycles. The van der Waals surface area contributed by atoms with Gasteiger partial charge < -0.3 is 15.2 Å². The Balaban J connectivity index is 1.68. The van der Waals surface area contributed by atoms with Crippen LogP contribution in [0, 0.1) is 0 Å². The predicted octanol–water partition coefficient (Wildman–Crippen LogP) is 3.09. The lowest BCUT2D eigenvalue weighted by Gasteiger charge is -2.23. The zero-order valence-corrected chi connectivity index (χ0v) is 13.6. The molecule has 3 aromatic rings. The summed E-state index contributed by atoms with van der Waals surface area (Å²) in [4.78, 5) is 24.5. The Bertz CT molecular complexity index is 921. The molecule has 3 heterocycles. The van der Waals surface area contributed by atoms with Crippen LogP contribution in [0.3, 0.4) is 0 Å². The predicted molar refractivity (Wildman–Crippen MR) is 90.5 cm³/mol. The second-order valence-corrected chi connectivity index (χ2v) is 7.68. The maximum absolute atomic E-state index is 12.5. The Labute approximate surface area is 139 Å². The molecule has 1 atom stereocenters. The maximum Gasteiger partial charge on any atom is 0.331 e. The van der Waals surface area contributed by atoms with Crippen molar-refractivity contribution < 1.29 is 19.4 Å². The number of fused-ring (bicyclic) bond motifs is 3. The summed E-state index contributed by atoms with van der Waals surface area (Å²) in [5.74, 6) is -1.40. The highest BCUT2D eigenvalue weighted by Gasteiger charge is 2.44. The molecule has 7 heteroatoms. The van der Waals surface area contributed by atoms with Crippen molar-refractivity contribution in [1.82, 2.24) is 5.32 Å². The third kappa shape index (κ3) is 2.32. The van der Waals surface area contributed by atoms with Crippen molar-refractivity contribution in [2.45, 2.75) is 12.0 Å². The number of carboxylic acid groups (broad SMARTS) is 1. The highest BCUT2D eigenvalue weighted by atomic mass is 32.1. The van der Waals surface area contributed by atoms with E-state index in [2.05, 4.69) is 11.4 Å². The second kappa shape index (κ2) is 5.30. The molecule has 5 nitrogen and oxygen atoms in total. The molecule has 0 bridgehead atoms. The molecule has 1 fully saturated rings. The van der Waals surface area contributed by atoms with Crippen LogP contribution in [0.15, 0.2) is 30.3 Å². The summed E-state index contributed by atoms with van der Waals surface area (Å²) in [7, 11) is 0. The van der Waals surface area contributed by atoms with Crippen LogP contribution in [0.1, 0.15) is 16.1 Å². The molecule has 1 saturated heterocycles. The molecular formula is C16H13NO4S2. The topological polar surface area (TPSA) is 75.6 Å². The van der Waals surface area contributed by atoms with Gasteiger partial charge in [0.2, 0.25) is 0 Å². The van der Waals surface area contributed by atoms with E-state index in [4.69, 9.17) is 4.74 Å². The summed E-state index contributed by atoms with van der Waals surface area (Å²) in [6.07, 6.45) is 0.288. The van der Waals surface area contributed by atoms with Gasteiger partial charge in [-0.3, -0.25) is 4.79 Å². The number of carboxylic acids is 1. The van der Waals surface area contributed by atoms with Crippen molar-refractivity contribution in [2.24, 2.45) is 0 Å². The molecular weight excluding hydrogens is 334 g/mol. The lowest BCUT2D eigenvalue weighted by Crippen LogP contribution is -2.55. The molecule has 1 aliphatic rings. The minimum absolute atomic E-state index is 0.0107. The molecule has 0 spiro atoms.